The number of hydrogen-bond acceptors (Lipinski definition) is 4. The highest BCUT2D eigenvalue weighted by Crippen LogP contribution is 2.43. The maximum absolute atomic E-state index is 11.1. The Morgan fingerprint density at radius 1 is 1.32 bits per heavy atom. The molecule has 4 nitrogen and oxygen atoms in total. The second-order valence-corrected chi connectivity index (χ2v) is 4.96. The van der Waals surface area contributed by atoms with Crippen molar-refractivity contribution in [3.8, 4) is 11.5 Å². The second kappa shape index (κ2) is 6.26. The van der Waals surface area contributed by atoms with Crippen molar-refractivity contribution in [2.75, 3.05) is 20.8 Å². The number of methoxy groups -OCH3 is 2. The summed E-state index contributed by atoms with van der Waals surface area (Å²) in [5, 5.41) is 3.97. The van der Waals surface area contributed by atoms with Gasteiger partial charge in [-0.15, -0.1) is 0 Å². The van der Waals surface area contributed by atoms with E-state index in [-0.39, 0.29) is 6.04 Å². The van der Waals surface area contributed by atoms with E-state index in [0.717, 1.165) is 31.2 Å². The molecular weight excluding hydrogens is 266 g/mol. The predicted octanol–water partition coefficient (Wildman–Crippen LogP) is 2.98. The summed E-state index contributed by atoms with van der Waals surface area (Å²) >= 11 is 6.32. The number of benzene rings is 1. The first-order chi connectivity index (χ1) is 9.22. The van der Waals surface area contributed by atoms with Gasteiger partial charge < -0.3 is 14.8 Å². The zero-order valence-corrected chi connectivity index (χ0v) is 11.9. The van der Waals surface area contributed by atoms with Crippen LogP contribution in [0.15, 0.2) is 6.07 Å². The minimum atomic E-state index is 0.144. The quantitative estimate of drug-likeness (QED) is 0.863. The van der Waals surface area contributed by atoms with E-state index < -0.39 is 0 Å². The van der Waals surface area contributed by atoms with E-state index in [2.05, 4.69) is 5.32 Å². The Morgan fingerprint density at radius 2 is 2.05 bits per heavy atom. The van der Waals surface area contributed by atoms with Crippen molar-refractivity contribution in [3.05, 3.63) is 22.2 Å². The highest BCUT2D eigenvalue weighted by Gasteiger charge is 2.26. The molecule has 0 aliphatic carbocycles. The molecule has 0 saturated carbocycles. The molecule has 1 N–H and O–H groups in total. The van der Waals surface area contributed by atoms with Gasteiger partial charge in [0.15, 0.2) is 17.8 Å². The van der Waals surface area contributed by atoms with E-state index in [4.69, 9.17) is 21.1 Å². The van der Waals surface area contributed by atoms with E-state index in [1.165, 1.54) is 13.5 Å². The molecule has 2 rings (SSSR count). The largest absolute Gasteiger partial charge is 0.492 e. The van der Waals surface area contributed by atoms with Crippen LogP contribution < -0.4 is 14.8 Å². The first-order valence-corrected chi connectivity index (χ1v) is 6.73. The molecule has 1 aromatic rings. The number of hydrogen-bond donors (Lipinski definition) is 1. The molecule has 1 heterocycles. The molecule has 5 heteroatoms. The molecule has 1 aliphatic heterocycles. The van der Waals surface area contributed by atoms with Gasteiger partial charge in [0, 0.05) is 11.6 Å². The smallest absolute Gasteiger partial charge is 0.171 e. The molecule has 1 atom stereocenters. The summed E-state index contributed by atoms with van der Waals surface area (Å²) < 4.78 is 10.7. The van der Waals surface area contributed by atoms with Gasteiger partial charge in [-0.1, -0.05) is 18.0 Å². The fourth-order valence-corrected chi connectivity index (χ4v) is 2.90. The number of piperidine rings is 1. The Kier molecular flexibility index (Phi) is 4.66. The van der Waals surface area contributed by atoms with Crippen molar-refractivity contribution in [1.82, 2.24) is 5.32 Å². The number of rotatable bonds is 4. The monoisotopic (exact) mass is 283 g/mol. The molecule has 1 saturated heterocycles. The molecule has 0 aromatic heterocycles. The van der Waals surface area contributed by atoms with E-state index in [0.29, 0.717) is 22.1 Å². The molecule has 0 amide bonds. The van der Waals surface area contributed by atoms with E-state index in [1.807, 2.05) is 0 Å². The number of carbonyl (C=O) groups excluding carboxylic acids is 1. The third kappa shape index (κ3) is 2.69. The molecule has 1 fully saturated rings. The molecule has 0 bridgehead atoms. The molecular formula is C14H18ClNO3. The Balaban J connectivity index is 2.54. The van der Waals surface area contributed by atoms with Crippen LogP contribution in [0, 0.1) is 0 Å². The van der Waals surface area contributed by atoms with E-state index in [1.54, 1.807) is 13.2 Å². The normalized spacial score (nSPS) is 19.0. The first kappa shape index (κ1) is 14.2. The number of carbonyl (C=O) groups is 1. The molecule has 1 aromatic carbocycles. The van der Waals surface area contributed by atoms with Crippen LogP contribution in [0.5, 0.6) is 11.5 Å². The lowest BCUT2D eigenvalue weighted by Crippen LogP contribution is -2.27. The van der Waals surface area contributed by atoms with E-state index >= 15 is 0 Å². The maximum Gasteiger partial charge on any atom is 0.171 e. The van der Waals surface area contributed by atoms with Crippen molar-refractivity contribution >= 4 is 17.9 Å². The standard InChI is InChI=1S/C14H18ClNO3/c1-18-13-9(8-17)7-10(15)12(14(13)19-2)11-5-3-4-6-16-11/h7-8,11,16H,3-6H2,1-2H3. The summed E-state index contributed by atoms with van der Waals surface area (Å²) in [6.07, 6.45) is 4.04. The number of halogens is 1. The molecule has 1 unspecified atom stereocenters. The van der Waals surface area contributed by atoms with Crippen molar-refractivity contribution < 1.29 is 14.3 Å². The first-order valence-electron chi connectivity index (χ1n) is 6.35. The molecule has 0 spiro atoms. The third-order valence-corrected chi connectivity index (χ3v) is 3.76. The maximum atomic E-state index is 11.1. The van der Waals surface area contributed by atoms with E-state index in [9.17, 15) is 4.79 Å². The topological polar surface area (TPSA) is 47.6 Å². The zero-order chi connectivity index (χ0) is 13.8. The highest BCUT2D eigenvalue weighted by molar-refractivity contribution is 6.32. The summed E-state index contributed by atoms with van der Waals surface area (Å²) in [4.78, 5) is 11.1. The van der Waals surface area contributed by atoms with Gasteiger partial charge in [0.05, 0.1) is 24.8 Å². The predicted molar refractivity (Wildman–Crippen MR) is 74.5 cm³/mol. The van der Waals surface area contributed by atoms with Gasteiger partial charge in [-0.3, -0.25) is 4.79 Å². The van der Waals surface area contributed by atoms with Crippen LogP contribution in [0.2, 0.25) is 5.02 Å². The number of aldehydes is 1. The van der Waals surface area contributed by atoms with Crippen molar-refractivity contribution in [1.29, 1.82) is 0 Å². The lowest BCUT2D eigenvalue weighted by atomic mass is 9.95. The fourth-order valence-electron chi connectivity index (χ4n) is 2.57. The van der Waals surface area contributed by atoms with Crippen LogP contribution >= 0.6 is 11.6 Å². The van der Waals surface area contributed by atoms with Crippen LogP contribution in [0.1, 0.15) is 41.2 Å². The summed E-state index contributed by atoms with van der Waals surface area (Å²) in [5.74, 6) is 1.00. The summed E-state index contributed by atoms with van der Waals surface area (Å²) in [5.41, 5.74) is 1.29. The Morgan fingerprint density at radius 3 is 2.58 bits per heavy atom. The Hall–Kier alpha value is -1.26. The van der Waals surface area contributed by atoms with Crippen molar-refractivity contribution in [3.63, 3.8) is 0 Å². The lowest BCUT2D eigenvalue weighted by Gasteiger charge is -2.27. The highest BCUT2D eigenvalue weighted by atomic mass is 35.5. The van der Waals surface area contributed by atoms with Crippen molar-refractivity contribution in [2.45, 2.75) is 25.3 Å². The van der Waals surface area contributed by atoms with Gasteiger partial charge in [-0.2, -0.15) is 0 Å². The SMILES string of the molecule is COc1c(C=O)cc(Cl)c(C2CCCCN2)c1OC. The minimum Gasteiger partial charge on any atom is -0.492 e. The van der Waals surface area contributed by atoms with Gasteiger partial charge in [0.1, 0.15) is 0 Å². The molecule has 19 heavy (non-hydrogen) atoms. The van der Waals surface area contributed by atoms with Gasteiger partial charge in [-0.25, -0.2) is 0 Å². The van der Waals surface area contributed by atoms with Crippen LogP contribution in [0.4, 0.5) is 0 Å². The molecule has 1 aliphatic rings. The third-order valence-electron chi connectivity index (χ3n) is 3.45. The van der Waals surface area contributed by atoms with Gasteiger partial charge >= 0.3 is 0 Å². The summed E-state index contributed by atoms with van der Waals surface area (Å²) in [6, 6.07) is 1.78. The average Bonchev–Trinajstić information content (AvgIpc) is 2.46. The minimum absolute atomic E-state index is 0.144. The van der Waals surface area contributed by atoms with Crippen LogP contribution in [-0.4, -0.2) is 27.1 Å². The number of ether oxygens (including phenoxy) is 2. The zero-order valence-electron chi connectivity index (χ0n) is 11.2. The van der Waals surface area contributed by atoms with Gasteiger partial charge in [0.2, 0.25) is 0 Å². The molecule has 0 radical (unpaired) electrons. The van der Waals surface area contributed by atoms with Crippen LogP contribution in [-0.2, 0) is 0 Å². The summed E-state index contributed by atoms with van der Waals surface area (Å²) in [7, 11) is 3.09. The Bertz CT molecular complexity index is 470. The average molecular weight is 284 g/mol. The van der Waals surface area contributed by atoms with Crippen LogP contribution in [0.25, 0.3) is 0 Å². The van der Waals surface area contributed by atoms with Gasteiger partial charge in [-0.05, 0) is 25.5 Å². The lowest BCUT2D eigenvalue weighted by molar-refractivity contribution is 0.112. The fraction of sp³-hybridized carbons (Fsp3) is 0.500. The number of nitrogens with one attached hydrogen (secondary N) is 1. The van der Waals surface area contributed by atoms with Crippen molar-refractivity contribution in [2.24, 2.45) is 0 Å². The van der Waals surface area contributed by atoms with Crippen LogP contribution in [0.3, 0.4) is 0 Å². The molecule has 104 valence electrons. The van der Waals surface area contributed by atoms with Gasteiger partial charge in [0.25, 0.3) is 0 Å². The second-order valence-electron chi connectivity index (χ2n) is 4.55. The summed E-state index contributed by atoms with van der Waals surface area (Å²) in [6.45, 7) is 0.960. The Labute approximate surface area is 118 Å².